The Kier molecular flexibility index (Phi) is 4.67. The Bertz CT molecular complexity index is 959. The summed E-state index contributed by atoms with van der Waals surface area (Å²) < 4.78 is 5.85. The number of aromatic nitrogens is 1. The van der Waals surface area contributed by atoms with Crippen molar-refractivity contribution >= 4 is 37.8 Å². The van der Waals surface area contributed by atoms with Crippen molar-refractivity contribution in [3.05, 3.63) is 35.5 Å². The fourth-order valence-electron chi connectivity index (χ4n) is 2.49. The second-order valence-electron chi connectivity index (χ2n) is 5.73. The third-order valence-corrected chi connectivity index (χ3v) is 5.33. The van der Waals surface area contributed by atoms with Crippen LogP contribution in [0.15, 0.2) is 29.5 Å². The fourth-order valence-corrected chi connectivity index (χ4v) is 4.04. The number of carbonyl (C=O) groups is 1. The van der Waals surface area contributed by atoms with E-state index >= 15 is 0 Å². The quantitative estimate of drug-likeness (QED) is 0.494. The fraction of sp³-hybridized carbons (Fsp3) is 0.235. The number of nitrogens with zero attached hydrogens (tertiary/aromatic N) is 3. The molecule has 3 rings (SSSR count). The first-order valence-corrected chi connectivity index (χ1v) is 9.09. The maximum Gasteiger partial charge on any atom is 0.235 e. The summed E-state index contributed by atoms with van der Waals surface area (Å²) in [5, 5.41) is 18.8. The minimum absolute atomic E-state index is 0.0696. The van der Waals surface area contributed by atoms with E-state index in [0.717, 1.165) is 16.5 Å². The van der Waals surface area contributed by atoms with E-state index in [4.69, 9.17) is 10.6 Å². The highest BCUT2D eigenvalue weighted by atomic mass is 32.2. The number of amides is 1. The minimum Gasteiger partial charge on any atom is -0.489 e. The first kappa shape index (κ1) is 16.9. The number of fused-ring (bicyclic) bond motifs is 1. The lowest BCUT2D eigenvalue weighted by Gasteiger charge is -2.14. The van der Waals surface area contributed by atoms with Gasteiger partial charge in [-0.15, -0.1) is 10.5 Å². The van der Waals surface area contributed by atoms with Gasteiger partial charge in [-0.3, -0.25) is 9.78 Å². The molecule has 8 heteroatoms. The van der Waals surface area contributed by atoms with E-state index < -0.39 is 10.5 Å². The van der Waals surface area contributed by atoms with Gasteiger partial charge in [-0.25, -0.2) is 0 Å². The van der Waals surface area contributed by atoms with Gasteiger partial charge in [-0.2, -0.15) is 10.4 Å². The molecule has 1 aliphatic rings. The summed E-state index contributed by atoms with van der Waals surface area (Å²) in [4.78, 5) is 15.9. The van der Waals surface area contributed by atoms with Crippen molar-refractivity contribution in [1.82, 2.24) is 10.3 Å². The number of amidine groups is 1. The Morgan fingerprint density at radius 3 is 3.00 bits per heavy atom. The topological polar surface area (TPSA) is 113 Å². The lowest BCUT2D eigenvalue weighted by Crippen LogP contribution is -2.21. The molecule has 2 aromatic rings. The normalized spacial score (nSPS) is 18.7. The first-order chi connectivity index (χ1) is 12.0. The number of pyridine rings is 1. The Morgan fingerprint density at radius 2 is 2.32 bits per heavy atom. The van der Waals surface area contributed by atoms with Crippen LogP contribution in [0.2, 0.25) is 0 Å². The Hall–Kier alpha value is -2.92. The lowest BCUT2D eigenvalue weighted by atomic mass is 10.1. The monoisotopic (exact) mass is 355 g/mol. The molecule has 1 aromatic carbocycles. The number of benzene rings is 1. The van der Waals surface area contributed by atoms with Crippen LogP contribution in [-0.2, 0) is 4.79 Å². The van der Waals surface area contributed by atoms with Crippen LogP contribution >= 0.6 is 10.5 Å². The number of ether oxygens (including phenoxy) is 1. The molecule has 1 aromatic heterocycles. The van der Waals surface area contributed by atoms with Gasteiger partial charge in [0.1, 0.15) is 17.4 Å². The van der Waals surface area contributed by atoms with Crippen molar-refractivity contribution in [1.29, 1.82) is 5.26 Å². The summed E-state index contributed by atoms with van der Waals surface area (Å²) in [5.41, 5.74) is 2.02. The molecule has 25 heavy (non-hydrogen) atoms. The summed E-state index contributed by atoms with van der Waals surface area (Å²) in [7, 11) is -0.500. The summed E-state index contributed by atoms with van der Waals surface area (Å²) >= 11 is 0. The Balaban J connectivity index is 2.13. The van der Waals surface area contributed by atoms with E-state index in [9.17, 15) is 10.1 Å². The molecule has 0 aliphatic carbocycles. The number of nitrogens with two attached hydrogens (primary N) is 1. The van der Waals surface area contributed by atoms with Crippen LogP contribution in [0.5, 0.6) is 5.75 Å². The van der Waals surface area contributed by atoms with Gasteiger partial charge in [0, 0.05) is 11.6 Å². The van der Waals surface area contributed by atoms with Crippen LogP contribution in [0.1, 0.15) is 25.0 Å². The van der Waals surface area contributed by atoms with E-state index in [-0.39, 0.29) is 12.0 Å². The largest absolute Gasteiger partial charge is 0.489 e. The molecule has 1 atom stereocenters. The van der Waals surface area contributed by atoms with E-state index in [0.29, 0.717) is 22.2 Å². The third kappa shape index (κ3) is 3.46. The van der Waals surface area contributed by atoms with Gasteiger partial charge in [0.15, 0.2) is 5.17 Å². The van der Waals surface area contributed by atoms with Crippen LogP contribution in [0.25, 0.3) is 10.9 Å². The highest BCUT2D eigenvalue weighted by Gasteiger charge is 2.21. The number of hydrazone groups is 1. The second-order valence-corrected chi connectivity index (χ2v) is 7.50. The average molecular weight is 355 g/mol. The summed E-state index contributed by atoms with van der Waals surface area (Å²) in [6.07, 6.45) is 1.45. The summed E-state index contributed by atoms with van der Waals surface area (Å²) in [6, 6.07) is 7.80. The van der Waals surface area contributed by atoms with Crippen molar-refractivity contribution in [3.63, 3.8) is 0 Å². The van der Waals surface area contributed by atoms with Crippen LogP contribution in [-0.4, -0.2) is 33.3 Å². The number of rotatable bonds is 3. The molecule has 3 N–H and O–H groups in total. The van der Waals surface area contributed by atoms with Crippen molar-refractivity contribution in [2.24, 2.45) is 10.9 Å². The SMILES string of the molecule is CC(C)Oc1c(C#N)cnc2ccc(C=S3CC(=O)NC3=NN)cc12. The maximum atomic E-state index is 11.6. The standard InChI is InChI=1S/C17H17N5O2S/c1-10(2)24-16-12(6-18)7-20-14-4-3-11(5-13(14)16)8-25-9-15(23)21-17(25)22-19/h3-5,7-8,10H,9,19H2,1-2H3,(H,21,22,23). The van der Waals surface area contributed by atoms with Crippen LogP contribution < -0.4 is 15.9 Å². The minimum atomic E-state index is -0.500. The van der Waals surface area contributed by atoms with Gasteiger partial charge in [-0.05, 0) is 36.9 Å². The number of hydrogen-bond donors (Lipinski definition) is 2. The van der Waals surface area contributed by atoms with Crippen LogP contribution in [0, 0.1) is 11.3 Å². The van der Waals surface area contributed by atoms with E-state index in [1.165, 1.54) is 6.20 Å². The first-order valence-electron chi connectivity index (χ1n) is 7.63. The highest BCUT2D eigenvalue weighted by molar-refractivity contribution is 8.29. The van der Waals surface area contributed by atoms with E-state index in [2.05, 4.69) is 21.5 Å². The zero-order chi connectivity index (χ0) is 18.0. The zero-order valence-corrected chi connectivity index (χ0v) is 14.6. The number of carbonyl (C=O) groups excluding carboxylic acids is 1. The Labute approximate surface area is 147 Å². The predicted octanol–water partition coefficient (Wildman–Crippen LogP) is 1.67. The van der Waals surface area contributed by atoms with Gasteiger partial charge in [0.25, 0.3) is 0 Å². The van der Waals surface area contributed by atoms with E-state index in [1.54, 1.807) is 0 Å². The molecule has 1 fully saturated rings. The van der Waals surface area contributed by atoms with Crippen molar-refractivity contribution in [2.75, 3.05) is 5.75 Å². The van der Waals surface area contributed by atoms with Gasteiger partial charge < -0.3 is 15.9 Å². The molecular formula is C17H17N5O2S. The highest BCUT2D eigenvalue weighted by Crippen LogP contribution is 2.30. The number of nitrogens with one attached hydrogen (secondary N) is 1. The molecule has 1 saturated heterocycles. The van der Waals surface area contributed by atoms with Crippen LogP contribution in [0.4, 0.5) is 0 Å². The molecule has 1 unspecified atom stereocenters. The lowest BCUT2D eigenvalue weighted by molar-refractivity contribution is -0.116. The molecule has 1 amide bonds. The number of hydrogen-bond acceptors (Lipinski definition) is 6. The predicted molar refractivity (Wildman–Crippen MR) is 99.6 cm³/mol. The zero-order valence-electron chi connectivity index (χ0n) is 13.8. The summed E-state index contributed by atoms with van der Waals surface area (Å²) in [5.74, 6) is 6.10. The summed E-state index contributed by atoms with van der Waals surface area (Å²) in [6.45, 7) is 3.81. The molecule has 7 nitrogen and oxygen atoms in total. The van der Waals surface area contributed by atoms with E-state index in [1.807, 2.05) is 37.4 Å². The molecule has 0 radical (unpaired) electrons. The van der Waals surface area contributed by atoms with Gasteiger partial charge in [0.05, 0.1) is 17.4 Å². The molecule has 0 bridgehead atoms. The average Bonchev–Trinajstić information content (AvgIpc) is 2.94. The molecule has 2 heterocycles. The Morgan fingerprint density at radius 1 is 1.52 bits per heavy atom. The van der Waals surface area contributed by atoms with Crippen LogP contribution in [0.3, 0.4) is 0 Å². The van der Waals surface area contributed by atoms with Gasteiger partial charge in [0.2, 0.25) is 5.91 Å². The maximum absolute atomic E-state index is 11.6. The smallest absolute Gasteiger partial charge is 0.235 e. The third-order valence-electron chi connectivity index (χ3n) is 3.49. The molecule has 1 aliphatic heterocycles. The second kappa shape index (κ2) is 6.91. The van der Waals surface area contributed by atoms with Gasteiger partial charge >= 0.3 is 0 Å². The van der Waals surface area contributed by atoms with Gasteiger partial charge in [-0.1, -0.05) is 6.07 Å². The number of nitriles is 1. The van der Waals surface area contributed by atoms with Crippen molar-refractivity contribution in [3.8, 4) is 11.8 Å². The molecule has 0 spiro atoms. The molecule has 128 valence electrons. The van der Waals surface area contributed by atoms with Crippen molar-refractivity contribution < 1.29 is 9.53 Å². The molecular weight excluding hydrogens is 338 g/mol. The molecule has 0 saturated carbocycles. The van der Waals surface area contributed by atoms with Crippen molar-refractivity contribution in [2.45, 2.75) is 20.0 Å².